The van der Waals surface area contributed by atoms with E-state index >= 15 is 0 Å². The van der Waals surface area contributed by atoms with Crippen molar-refractivity contribution < 1.29 is 4.42 Å². The number of rotatable bonds is 8. The van der Waals surface area contributed by atoms with Gasteiger partial charge in [-0.05, 0) is 44.3 Å². The molecule has 0 saturated heterocycles. The zero-order valence-electron chi connectivity index (χ0n) is 13.1. The number of nitrogens with one attached hydrogen (secondary N) is 2. The zero-order chi connectivity index (χ0) is 14.3. The van der Waals surface area contributed by atoms with Crippen LogP contribution in [0.15, 0.2) is 23.0 Å². The normalized spacial score (nSPS) is 15.4. The maximum absolute atomic E-state index is 5.22. The van der Waals surface area contributed by atoms with E-state index in [1.807, 2.05) is 6.26 Å². The van der Waals surface area contributed by atoms with Crippen LogP contribution in [0.5, 0.6) is 0 Å². The highest BCUT2D eigenvalue weighted by atomic mass is 16.3. The molecule has 0 aliphatic rings. The summed E-state index contributed by atoms with van der Waals surface area (Å²) in [5.74, 6) is 0. The predicted molar refractivity (Wildman–Crippen MR) is 81.3 cm³/mol. The third kappa shape index (κ3) is 5.37. The molecule has 1 aromatic heterocycles. The summed E-state index contributed by atoms with van der Waals surface area (Å²) in [6, 6.07) is 3.00. The molecule has 0 aromatic carbocycles. The van der Waals surface area contributed by atoms with Crippen molar-refractivity contribution in [3.05, 3.63) is 24.2 Å². The van der Waals surface area contributed by atoms with E-state index in [-0.39, 0.29) is 0 Å². The Morgan fingerprint density at radius 3 is 2.47 bits per heavy atom. The molecule has 110 valence electrons. The number of furan rings is 1. The molecule has 0 bridgehead atoms. The molecule has 3 heteroatoms. The van der Waals surface area contributed by atoms with Crippen LogP contribution in [-0.2, 0) is 0 Å². The van der Waals surface area contributed by atoms with Crippen molar-refractivity contribution in [2.75, 3.05) is 13.6 Å². The molecule has 0 saturated carbocycles. The van der Waals surface area contributed by atoms with Crippen LogP contribution in [0.4, 0.5) is 0 Å². The Morgan fingerprint density at radius 1 is 1.26 bits per heavy atom. The highest BCUT2D eigenvalue weighted by Crippen LogP contribution is 2.27. The van der Waals surface area contributed by atoms with E-state index in [0.29, 0.717) is 17.5 Å². The fourth-order valence-corrected chi connectivity index (χ4v) is 2.52. The molecule has 2 atom stereocenters. The topological polar surface area (TPSA) is 37.2 Å². The van der Waals surface area contributed by atoms with Gasteiger partial charge in [0.2, 0.25) is 0 Å². The van der Waals surface area contributed by atoms with Crippen molar-refractivity contribution in [3.8, 4) is 0 Å². The Bertz CT molecular complexity index is 327. The molecule has 0 aliphatic heterocycles. The Labute approximate surface area is 118 Å². The van der Waals surface area contributed by atoms with Crippen LogP contribution in [0.1, 0.15) is 58.6 Å². The summed E-state index contributed by atoms with van der Waals surface area (Å²) >= 11 is 0. The lowest BCUT2D eigenvalue weighted by Crippen LogP contribution is -2.38. The lowest BCUT2D eigenvalue weighted by Gasteiger charge is -2.31. The summed E-state index contributed by atoms with van der Waals surface area (Å²) in [7, 11) is 2.06. The Hall–Kier alpha value is -0.800. The molecule has 1 heterocycles. The maximum Gasteiger partial charge on any atom is 0.0950 e. The van der Waals surface area contributed by atoms with E-state index in [1.54, 1.807) is 6.26 Å². The first-order valence-corrected chi connectivity index (χ1v) is 7.41. The third-order valence-corrected chi connectivity index (χ3v) is 3.72. The fraction of sp³-hybridized carbons (Fsp3) is 0.750. The van der Waals surface area contributed by atoms with E-state index in [4.69, 9.17) is 4.42 Å². The van der Waals surface area contributed by atoms with Gasteiger partial charge in [0.15, 0.2) is 0 Å². The van der Waals surface area contributed by atoms with Crippen molar-refractivity contribution in [2.24, 2.45) is 5.41 Å². The van der Waals surface area contributed by atoms with E-state index in [0.717, 1.165) is 25.8 Å². The van der Waals surface area contributed by atoms with Crippen LogP contribution >= 0.6 is 0 Å². The van der Waals surface area contributed by atoms with E-state index in [9.17, 15) is 0 Å². The van der Waals surface area contributed by atoms with Crippen LogP contribution in [0.3, 0.4) is 0 Å². The van der Waals surface area contributed by atoms with Crippen molar-refractivity contribution in [3.63, 3.8) is 0 Å². The SMILES string of the molecule is CCCNC(CCC(NC)C(C)(C)C)c1ccoc1. The molecule has 0 aliphatic carbocycles. The first-order chi connectivity index (χ1) is 8.99. The molecular weight excluding hydrogens is 236 g/mol. The summed E-state index contributed by atoms with van der Waals surface area (Å²) in [6.07, 6.45) is 7.06. The fourth-order valence-electron chi connectivity index (χ4n) is 2.52. The highest BCUT2D eigenvalue weighted by molar-refractivity contribution is 5.11. The van der Waals surface area contributed by atoms with E-state index in [2.05, 4.69) is 51.4 Å². The Balaban J connectivity index is 2.58. The standard InChI is InChI=1S/C16H30N2O/c1-6-10-18-14(13-9-11-19-12-13)7-8-15(17-5)16(2,3)4/h9,11-12,14-15,17-18H,6-8,10H2,1-5H3. The van der Waals surface area contributed by atoms with Gasteiger partial charge in [-0.1, -0.05) is 27.7 Å². The molecule has 0 radical (unpaired) electrons. The van der Waals surface area contributed by atoms with Crippen LogP contribution in [0.2, 0.25) is 0 Å². The quantitative estimate of drug-likeness (QED) is 0.752. The zero-order valence-corrected chi connectivity index (χ0v) is 13.1. The third-order valence-electron chi connectivity index (χ3n) is 3.72. The van der Waals surface area contributed by atoms with Gasteiger partial charge in [0.1, 0.15) is 0 Å². The molecular formula is C16H30N2O. The second kappa shape index (κ2) is 7.71. The summed E-state index contributed by atoms with van der Waals surface area (Å²) < 4.78 is 5.22. The van der Waals surface area contributed by atoms with Crippen molar-refractivity contribution in [2.45, 2.75) is 59.0 Å². The molecule has 0 fully saturated rings. The minimum atomic E-state index is 0.292. The van der Waals surface area contributed by atoms with Gasteiger partial charge >= 0.3 is 0 Å². The lowest BCUT2D eigenvalue weighted by molar-refractivity contribution is 0.254. The molecule has 2 N–H and O–H groups in total. The maximum atomic E-state index is 5.22. The molecule has 19 heavy (non-hydrogen) atoms. The van der Waals surface area contributed by atoms with Gasteiger partial charge < -0.3 is 15.1 Å². The highest BCUT2D eigenvalue weighted by Gasteiger charge is 2.24. The van der Waals surface area contributed by atoms with Crippen LogP contribution in [0, 0.1) is 5.41 Å². The van der Waals surface area contributed by atoms with E-state index in [1.165, 1.54) is 5.56 Å². The van der Waals surface area contributed by atoms with Gasteiger partial charge in [0.25, 0.3) is 0 Å². The minimum Gasteiger partial charge on any atom is -0.472 e. The summed E-state index contributed by atoms with van der Waals surface area (Å²) in [6.45, 7) is 10.1. The molecule has 0 spiro atoms. The molecule has 0 amide bonds. The van der Waals surface area contributed by atoms with Crippen LogP contribution in [-0.4, -0.2) is 19.6 Å². The lowest BCUT2D eigenvalue weighted by atomic mass is 9.83. The molecule has 1 rings (SSSR count). The largest absolute Gasteiger partial charge is 0.472 e. The second-order valence-corrected chi connectivity index (χ2v) is 6.35. The first-order valence-electron chi connectivity index (χ1n) is 7.41. The Morgan fingerprint density at radius 2 is 2.00 bits per heavy atom. The van der Waals surface area contributed by atoms with Crippen LogP contribution in [0.25, 0.3) is 0 Å². The van der Waals surface area contributed by atoms with Gasteiger partial charge in [0.05, 0.1) is 12.5 Å². The first kappa shape index (κ1) is 16.3. The van der Waals surface area contributed by atoms with Crippen molar-refractivity contribution >= 4 is 0 Å². The average Bonchev–Trinajstić information content (AvgIpc) is 2.85. The van der Waals surface area contributed by atoms with Gasteiger partial charge in [-0.25, -0.2) is 0 Å². The van der Waals surface area contributed by atoms with Gasteiger partial charge in [0, 0.05) is 17.6 Å². The predicted octanol–water partition coefficient (Wildman–Crippen LogP) is 3.73. The summed E-state index contributed by atoms with van der Waals surface area (Å²) in [4.78, 5) is 0. The smallest absolute Gasteiger partial charge is 0.0950 e. The molecule has 3 nitrogen and oxygen atoms in total. The van der Waals surface area contributed by atoms with Gasteiger partial charge in [-0.2, -0.15) is 0 Å². The monoisotopic (exact) mass is 266 g/mol. The molecule has 1 aromatic rings. The Kier molecular flexibility index (Phi) is 6.59. The second-order valence-electron chi connectivity index (χ2n) is 6.35. The number of hydrogen-bond acceptors (Lipinski definition) is 3. The molecule has 2 unspecified atom stereocenters. The average molecular weight is 266 g/mol. The summed E-state index contributed by atoms with van der Waals surface area (Å²) in [5, 5.41) is 7.06. The van der Waals surface area contributed by atoms with Gasteiger partial charge in [-0.15, -0.1) is 0 Å². The van der Waals surface area contributed by atoms with Crippen molar-refractivity contribution in [1.82, 2.24) is 10.6 Å². The minimum absolute atomic E-state index is 0.292. The summed E-state index contributed by atoms with van der Waals surface area (Å²) in [5.41, 5.74) is 1.55. The van der Waals surface area contributed by atoms with Crippen molar-refractivity contribution in [1.29, 1.82) is 0 Å². The number of hydrogen-bond donors (Lipinski definition) is 2. The van der Waals surface area contributed by atoms with Gasteiger partial charge in [-0.3, -0.25) is 0 Å². The van der Waals surface area contributed by atoms with Crippen LogP contribution < -0.4 is 10.6 Å². The van der Waals surface area contributed by atoms with E-state index < -0.39 is 0 Å².